The summed E-state index contributed by atoms with van der Waals surface area (Å²) < 4.78 is 7.24. The maximum Gasteiger partial charge on any atom is 0.170 e. The number of nitrogens with zero attached hydrogens (tertiary/aromatic N) is 2. The van der Waals surface area contributed by atoms with Crippen molar-refractivity contribution in [1.29, 1.82) is 0 Å². The Morgan fingerprint density at radius 1 is 1.47 bits per heavy atom. The predicted molar refractivity (Wildman–Crippen MR) is 74.5 cm³/mol. The van der Waals surface area contributed by atoms with Gasteiger partial charge in [-0.1, -0.05) is 18.5 Å². The molecule has 5 heteroatoms. The third kappa shape index (κ3) is 2.56. The predicted octanol–water partition coefficient (Wildman–Crippen LogP) is 2.71. The fourth-order valence-corrected chi connectivity index (χ4v) is 3.23. The summed E-state index contributed by atoms with van der Waals surface area (Å²) in [6.45, 7) is 2.01. The molecular formula is C14H21ClN2O2. The van der Waals surface area contributed by atoms with E-state index in [2.05, 4.69) is 5.10 Å². The Bertz CT molecular complexity index is 476. The number of Topliss-reactive ketones (excluding diaryl/α,β-unsaturated/α-hetero) is 1. The molecule has 106 valence electrons. The molecule has 1 saturated carbocycles. The summed E-state index contributed by atoms with van der Waals surface area (Å²) in [6.07, 6.45) is 4.82. The van der Waals surface area contributed by atoms with Gasteiger partial charge in [0.2, 0.25) is 0 Å². The van der Waals surface area contributed by atoms with Crippen LogP contribution in [0.3, 0.4) is 0 Å². The molecule has 0 amide bonds. The lowest BCUT2D eigenvalue weighted by atomic mass is 9.93. The largest absolute Gasteiger partial charge is 0.370 e. The van der Waals surface area contributed by atoms with E-state index >= 15 is 0 Å². The highest BCUT2D eigenvalue weighted by molar-refractivity contribution is 6.32. The van der Waals surface area contributed by atoms with E-state index in [1.807, 2.05) is 14.0 Å². The van der Waals surface area contributed by atoms with Gasteiger partial charge in [-0.2, -0.15) is 5.10 Å². The zero-order chi connectivity index (χ0) is 14.0. The minimum atomic E-state index is -0.597. The molecule has 0 spiro atoms. The van der Waals surface area contributed by atoms with Gasteiger partial charge in [0.25, 0.3) is 0 Å². The number of methoxy groups -OCH3 is 1. The van der Waals surface area contributed by atoms with E-state index in [4.69, 9.17) is 16.3 Å². The standard InChI is InChI=1S/C14H21ClN2O2/c1-4-10-13(15)11(17(2)16-10)9-12(18)14(19-3)7-5-6-8-14/h4-9H2,1-3H3. The molecule has 1 aliphatic carbocycles. The van der Waals surface area contributed by atoms with Gasteiger partial charge >= 0.3 is 0 Å². The summed E-state index contributed by atoms with van der Waals surface area (Å²) in [6, 6.07) is 0. The molecule has 1 aliphatic rings. The second-order valence-corrected chi connectivity index (χ2v) is 5.57. The molecule has 19 heavy (non-hydrogen) atoms. The highest BCUT2D eigenvalue weighted by Gasteiger charge is 2.41. The first-order valence-electron chi connectivity index (χ1n) is 6.82. The van der Waals surface area contributed by atoms with E-state index in [0.29, 0.717) is 11.4 Å². The molecule has 0 aliphatic heterocycles. The first-order chi connectivity index (χ1) is 9.04. The fraction of sp³-hybridized carbons (Fsp3) is 0.714. The Morgan fingerprint density at radius 3 is 2.58 bits per heavy atom. The van der Waals surface area contributed by atoms with Crippen molar-refractivity contribution in [3.63, 3.8) is 0 Å². The smallest absolute Gasteiger partial charge is 0.170 e. The summed E-state index contributed by atoms with van der Waals surface area (Å²) in [5, 5.41) is 4.98. The van der Waals surface area contributed by atoms with Crippen LogP contribution in [0.2, 0.25) is 5.02 Å². The van der Waals surface area contributed by atoms with Gasteiger partial charge in [0, 0.05) is 14.2 Å². The Labute approximate surface area is 119 Å². The van der Waals surface area contributed by atoms with Gasteiger partial charge in [0.05, 0.1) is 22.8 Å². The van der Waals surface area contributed by atoms with E-state index < -0.39 is 5.60 Å². The molecule has 0 radical (unpaired) electrons. The lowest BCUT2D eigenvalue weighted by Gasteiger charge is -2.25. The van der Waals surface area contributed by atoms with Crippen LogP contribution in [0.15, 0.2) is 0 Å². The number of halogens is 1. The van der Waals surface area contributed by atoms with E-state index in [-0.39, 0.29) is 5.78 Å². The first-order valence-corrected chi connectivity index (χ1v) is 7.20. The van der Waals surface area contributed by atoms with Crippen molar-refractivity contribution in [2.75, 3.05) is 7.11 Å². The van der Waals surface area contributed by atoms with Crippen LogP contribution in [-0.4, -0.2) is 28.3 Å². The SMILES string of the molecule is CCc1nn(C)c(CC(=O)C2(OC)CCCC2)c1Cl. The quantitative estimate of drug-likeness (QED) is 0.835. The number of hydrogen-bond acceptors (Lipinski definition) is 3. The van der Waals surface area contributed by atoms with Crippen molar-refractivity contribution >= 4 is 17.4 Å². The molecule has 1 aromatic heterocycles. The fourth-order valence-electron chi connectivity index (χ4n) is 2.87. The lowest BCUT2D eigenvalue weighted by molar-refractivity contribution is -0.139. The molecule has 1 fully saturated rings. The van der Waals surface area contributed by atoms with Crippen molar-refractivity contribution in [3.05, 3.63) is 16.4 Å². The summed E-state index contributed by atoms with van der Waals surface area (Å²) in [4.78, 5) is 12.5. The Balaban J connectivity index is 2.21. The second-order valence-electron chi connectivity index (χ2n) is 5.19. The van der Waals surface area contributed by atoms with Crippen LogP contribution in [0.25, 0.3) is 0 Å². The zero-order valence-electron chi connectivity index (χ0n) is 11.8. The summed E-state index contributed by atoms with van der Waals surface area (Å²) in [5.74, 6) is 0.125. The molecule has 0 unspecified atom stereocenters. The molecule has 2 rings (SSSR count). The van der Waals surface area contributed by atoms with Crippen molar-refractivity contribution in [2.24, 2.45) is 7.05 Å². The normalized spacial score (nSPS) is 17.9. The molecular weight excluding hydrogens is 264 g/mol. The number of carbonyl (C=O) groups is 1. The van der Waals surface area contributed by atoms with Crippen LogP contribution in [0.4, 0.5) is 0 Å². The number of aromatic nitrogens is 2. The average Bonchev–Trinajstić information content (AvgIpc) is 2.99. The summed E-state index contributed by atoms with van der Waals surface area (Å²) in [5.41, 5.74) is 1.05. The van der Waals surface area contributed by atoms with Crippen molar-refractivity contribution < 1.29 is 9.53 Å². The minimum Gasteiger partial charge on any atom is -0.370 e. The molecule has 1 heterocycles. The highest BCUT2D eigenvalue weighted by Crippen LogP contribution is 2.35. The van der Waals surface area contributed by atoms with Gasteiger partial charge in [-0.25, -0.2) is 0 Å². The van der Waals surface area contributed by atoms with Crippen LogP contribution >= 0.6 is 11.6 Å². The Hall–Kier alpha value is -0.870. The maximum absolute atomic E-state index is 12.5. The topological polar surface area (TPSA) is 44.1 Å². The first kappa shape index (κ1) is 14.5. The van der Waals surface area contributed by atoms with E-state index in [9.17, 15) is 4.79 Å². The number of hydrogen-bond donors (Lipinski definition) is 0. The zero-order valence-corrected chi connectivity index (χ0v) is 12.6. The number of ketones is 1. The number of rotatable bonds is 5. The van der Waals surface area contributed by atoms with E-state index in [1.165, 1.54) is 0 Å². The second kappa shape index (κ2) is 5.63. The number of ether oxygens (including phenoxy) is 1. The number of aryl methyl sites for hydroxylation is 2. The molecule has 0 bridgehead atoms. The Kier molecular flexibility index (Phi) is 4.31. The van der Waals surface area contributed by atoms with Crippen molar-refractivity contribution in [1.82, 2.24) is 9.78 Å². The summed E-state index contributed by atoms with van der Waals surface area (Å²) >= 11 is 6.29. The van der Waals surface area contributed by atoms with Crippen LogP contribution in [0.5, 0.6) is 0 Å². The maximum atomic E-state index is 12.5. The molecule has 0 N–H and O–H groups in total. The lowest BCUT2D eigenvalue weighted by Crippen LogP contribution is -2.39. The van der Waals surface area contributed by atoms with Crippen LogP contribution in [-0.2, 0) is 29.4 Å². The van der Waals surface area contributed by atoms with Crippen LogP contribution in [0, 0.1) is 0 Å². The monoisotopic (exact) mass is 284 g/mol. The van der Waals surface area contributed by atoms with Gasteiger partial charge in [0.1, 0.15) is 5.60 Å². The number of carbonyl (C=O) groups excluding carboxylic acids is 1. The third-order valence-corrected chi connectivity index (χ3v) is 4.58. The van der Waals surface area contributed by atoms with Gasteiger partial charge < -0.3 is 4.74 Å². The van der Waals surface area contributed by atoms with E-state index in [1.54, 1.807) is 11.8 Å². The van der Waals surface area contributed by atoms with Gasteiger partial charge in [-0.05, 0) is 32.1 Å². The third-order valence-electron chi connectivity index (χ3n) is 4.14. The van der Waals surface area contributed by atoms with Crippen molar-refractivity contribution in [2.45, 2.75) is 51.0 Å². The van der Waals surface area contributed by atoms with Gasteiger partial charge in [-0.3, -0.25) is 9.48 Å². The molecule has 0 atom stereocenters. The molecule has 4 nitrogen and oxygen atoms in total. The van der Waals surface area contributed by atoms with Gasteiger partial charge in [-0.15, -0.1) is 0 Å². The molecule has 1 aromatic rings. The van der Waals surface area contributed by atoms with Crippen LogP contribution < -0.4 is 0 Å². The van der Waals surface area contributed by atoms with Gasteiger partial charge in [0.15, 0.2) is 5.78 Å². The molecule has 0 saturated heterocycles. The van der Waals surface area contributed by atoms with E-state index in [0.717, 1.165) is 43.5 Å². The minimum absolute atomic E-state index is 0.125. The Morgan fingerprint density at radius 2 is 2.11 bits per heavy atom. The summed E-state index contributed by atoms with van der Waals surface area (Å²) in [7, 11) is 3.47. The van der Waals surface area contributed by atoms with Crippen molar-refractivity contribution in [3.8, 4) is 0 Å². The molecule has 0 aromatic carbocycles. The average molecular weight is 285 g/mol. The van der Waals surface area contributed by atoms with Crippen LogP contribution in [0.1, 0.15) is 44.0 Å². The highest BCUT2D eigenvalue weighted by atomic mass is 35.5.